The number of aryl methyl sites for hydroxylation is 1. The number of nitrogens with zero attached hydrogens (tertiary/aromatic N) is 2. The number of amides is 3. The van der Waals surface area contributed by atoms with Crippen LogP contribution in [0.4, 0.5) is 4.79 Å². The van der Waals surface area contributed by atoms with Gasteiger partial charge in [-0.1, -0.05) is 43.7 Å². The lowest BCUT2D eigenvalue weighted by Crippen LogP contribution is -2.53. The zero-order chi connectivity index (χ0) is 17.0. The summed E-state index contributed by atoms with van der Waals surface area (Å²) in [6.07, 6.45) is 0. The zero-order valence-corrected chi connectivity index (χ0v) is 14.6. The molecule has 1 saturated heterocycles. The zero-order valence-electron chi connectivity index (χ0n) is 14.6. The molecule has 3 amide bonds. The van der Waals surface area contributed by atoms with Crippen LogP contribution in [0.25, 0.3) is 0 Å². The summed E-state index contributed by atoms with van der Waals surface area (Å²) in [6.45, 7) is 10.9. The third kappa shape index (κ3) is 4.47. The van der Waals surface area contributed by atoms with E-state index < -0.39 is 0 Å². The van der Waals surface area contributed by atoms with Crippen LogP contribution in [-0.2, 0) is 10.2 Å². The van der Waals surface area contributed by atoms with E-state index in [9.17, 15) is 9.59 Å². The number of carbonyl (C=O) groups excluding carboxylic acids is 2. The SMILES string of the molecule is CC(=O)N1CCN(C(=O)NCC(C)(C)c2ccc(C)cc2)CC1. The summed E-state index contributed by atoms with van der Waals surface area (Å²) in [5.74, 6) is 0.0746. The van der Waals surface area contributed by atoms with Crippen LogP contribution in [0.1, 0.15) is 31.9 Å². The van der Waals surface area contributed by atoms with Gasteiger partial charge in [-0.15, -0.1) is 0 Å². The Kier molecular flexibility index (Phi) is 5.29. The summed E-state index contributed by atoms with van der Waals surface area (Å²) >= 11 is 0. The number of benzene rings is 1. The molecule has 1 aromatic carbocycles. The minimum absolute atomic E-state index is 0.0478. The van der Waals surface area contributed by atoms with E-state index in [-0.39, 0.29) is 17.4 Å². The van der Waals surface area contributed by atoms with Crippen LogP contribution in [0.3, 0.4) is 0 Å². The molecule has 2 rings (SSSR count). The molecule has 126 valence electrons. The van der Waals surface area contributed by atoms with Gasteiger partial charge in [0.1, 0.15) is 0 Å². The van der Waals surface area contributed by atoms with Gasteiger partial charge in [0.25, 0.3) is 0 Å². The first-order chi connectivity index (χ1) is 10.8. The number of nitrogens with one attached hydrogen (secondary N) is 1. The van der Waals surface area contributed by atoms with Gasteiger partial charge >= 0.3 is 6.03 Å². The van der Waals surface area contributed by atoms with Crippen molar-refractivity contribution in [2.24, 2.45) is 0 Å². The Morgan fingerprint density at radius 1 is 1.04 bits per heavy atom. The van der Waals surface area contributed by atoms with Crippen LogP contribution >= 0.6 is 0 Å². The van der Waals surface area contributed by atoms with Gasteiger partial charge in [-0.05, 0) is 12.5 Å². The van der Waals surface area contributed by atoms with E-state index >= 15 is 0 Å². The van der Waals surface area contributed by atoms with Gasteiger partial charge in [-0.25, -0.2) is 4.79 Å². The maximum atomic E-state index is 12.3. The number of rotatable bonds is 3. The van der Waals surface area contributed by atoms with Gasteiger partial charge in [0, 0.05) is 45.1 Å². The van der Waals surface area contributed by atoms with E-state index in [1.165, 1.54) is 11.1 Å². The minimum Gasteiger partial charge on any atom is -0.339 e. The second kappa shape index (κ2) is 7.02. The Hall–Kier alpha value is -2.04. The van der Waals surface area contributed by atoms with Crippen LogP contribution in [-0.4, -0.2) is 54.5 Å². The van der Waals surface area contributed by atoms with Crippen LogP contribution in [0.15, 0.2) is 24.3 Å². The number of urea groups is 1. The maximum Gasteiger partial charge on any atom is 0.317 e. The topological polar surface area (TPSA) is 52.7 Å². The molecule has 5 heteroatoms. The van der Waals surface area contributed by atoms with Crippen molar-refractivity contribution in [1.29, 1.82) is 0 Å². The first-order valence-corrected chi connectivity index (χ1v) is 8.15. The molecular weight excluding hydrogens is 290 g/mol. The highest BCUT2D eigenvalue weighted by Crippen LogP contribution is 2.22. The molecule has 0 aliphatic carbocycles. The van der Waals surface area contributed by atoms with E-state index in [1.54, 1.807) is 16.7 Å². The van der Waals surface area contributed by atoms with E-state index in [2.05, 4.69) is 50.4 Å². The van der Waals surface area contributed by atoms with E-state index in [0.717, 1.165) is 0 Å². The molecule has 0 atom stereocenters. The quantitative estimate of drug-likeness (QED) is 0.929. The lowest BCUT2D eigenvalue weighted by molar-refractivity contribution is -0.130. The van der Waals surface area contributed by atoms with Crippen molar-refractivity contribution < 1.29 is 9.59 Å². The lowest BCUT2D eigenvalue weighted by Gasteiger charge is -2.35. The smallest absolute Gasteiger partial charge is 0.317 e. The van der Waals surface area contributed by atoms with Gasteiger partial charge in [-0.3, -0.25) is 4.79 Å². The van der Waals surface area contributed by atoms with Crippen molar-refractivity contribution in [2.75, 3.05) is 32.7 Å². The Bertz CT molecular complexity index is 558. The second-order valence-electron chi connectivity index (χ2n) is 6.90. The maximum absolute atomic E-state index is 12.3. The van der Waals surface area contributed by atoms with Gasteiger partial charge < -0.3 is 15.1 Å². The molecule has 1 N–H and O–H groups in total. The van der Waals surface area contributed by atoms with Crippen molar-refractivity contribution in [1.82, 2.24) is 15.1 Å². The second-order valence-corrected chi connectivity index (χ2v) is 6.90. The van der Waals surface area contributed by atoms with Crippen molar-refractivity contribution in [3.63, 3.8) is 0 Å². The Balaban J connectivity index is 1.86. The van der Waals surface area contributed by atoms with Crippen molar-refractivity contribution in [3.8, 4) is 0 Å². The Morgan fingerprint density at radius 2 is 1.57 bits per heavy atom. The van der Waals surface area contributed by atoms with Gasteiger partial charge in [0.15, 0.2) is 0 Å². The highest BCUT2D eigenvalue weighted by Gasteiger charge is 2.25. The summed E-state index contributed by atoms with van der Waals surface area (Å²) in [5.41, 5.74) is 2.33. The Labute approximate surface area is 138 Å². The molecule has 0 radical (unpaired) electrons. The molecule has 23 heavy (non-hydrogen) atoms. The number of carbonyl (C=O) groups is 2. The van der Waals surface area contributed by atoms with Crippen LogP contribution in [0.5, 0.6) is 0 Å². The molecule has 1 aromatic rings. The van der Waals surface area contributed by atoms with Crippen LogP contribution in [0.2, 0.25) is 0 Å². The highest BCUT2D eigenvalue weighted by molar-refractivity contribution is 5.76. The van der Waals surface area contributed by atoms with Crippen LogP contribution in [0, 0.1) is 6.92 Å². The average molecular weight is 317 g/mol. The van der Waals surface area contributed by atoms with Crippen molar-refractivity contribution in [3.05, 3.63) is 35.4 Å². The molecule has 1 heterocycles. The minimum atomic E-state index is -0.120. The van der Waals surface area contributed by atoms with Gasteiger partial charge in [0.2, 0.25) is 5.91 Å². The van der Waals surface area contributed by atoms with E-state index in [4.69, 9.17) is 0 Å². The molecular formula is C18H27N3O2. The predicted molar refractivity (Wildman–Crippen MR) is 91.4 cm³/mol. The summed E-state index contributed by atoms with van der Waals surface area (Å²) in [7, 11) is 0. The Morgan fingerprint density at radius 3 is 2.09 bits per heavy atom. The average Bonchev–Trinajstić information content (AvgIpc) is 2.53. The number of hydrogen-bond donors (Lipinski definition) is 1. The number of hydrogen-bond acceptors (Lipinski definition) is 2. The molecule has 1 fully saturated rings. The first-order valence-electron chi connectivity index (χ1n) is 8.15. The molecule has 1 aliphatic rings. The van der Waals surface area contributed by atoms with Gasteiger partial charge in [-0.2, -0.15) is 0 Å². The number of piperazine rings is 1. The van der Waals surface area contributed by atoms with E-state index in [0.29, 0.717) is 32.7 Å². The normalized spacial score (nSPS) is 15.5. The third-order valence-corrected chi connectivity index (χ3v) is 4.53. The molecule has 5 nitrogen and oxygen atoms in total. The fourth-order valence-corrected chi connectivity index (χ4v) is 2.74. The molecule has 0 saturated carbocycles. The molecule has 0 unspecified atom stereocenters. The van der Waals surface area contributed by atoms with Crippen molar-refractivity contribution >= 4 is 11.9 Å². The third-order valence-electron chi connectivity index (χ3n) is 4.53. The van der Waals surface area contributed by atoms with Gasteiger partial charge in [0.05, 0.1) is 0 Å². The predicted octanol–water partition coefficient (Wildman–Crippen LogP) is 2.15. The summed E-state index contributed by atoms with van der Waals surface area (Å²) in [5, 5.41) is 3.03. The van der Waals surface area contributed by atoms with Crippen molar-refractivity contribution in [2.45, 2.75) is 33.1 Å². The molecule has 0 aromatic heterocycles. The van der Waals surface area contributed by atoms with E-state index in [1.807, 2.05) is 0 Å². The fourth-order valence-electron chi connectivity index (χ4n) is 2.74. The van der Waals surface area contributed by atoms with Crippen LogP contribution < -0.4 is 5.32 Å². The first kappa shape index (κ1) is 17.3. The highest BCUT2D eigenvalue weighted by atomic mass is 16.2. The monoisotopic (exact) mass is 317 g/mol. The summed E-state index contributed by atoms with van der Waals surface area (Å²) < 4.78 is 0. The fraction of sp³-hybridized carbons (Fsp3) is 0.556. The molecule has 0 bridgehead atoms. The standard InChI is InChI=1S/C18H27N3O2/c1-14-5-7-16(8-6-14)18(3,4)13-19-17(23)21-11-9-20(10-12-21)15(2)22/h5-8H,9-13H2,1-4H3,(H,19,23). The molecule has 1 aliphatic heterocycles. The molecule has 0 spiro atoms. The summed E-state index contributed by atoms with van der Waals surface area (Å²) in [6, 6.07) is 8.38. The lowest BCUT2D eigenvalue weighted by atomic mass is 9.84. The summed E-state index contributed by atoms with van der Waals surface area (Å²) in [4.78, 5) is 27.2. The largest absolute Gasteiger partial charge is 0.339 e.